The zero-order valence-corrected chi connectivity index (χ0v) is 32.0. The van der Waals surface area contributed by atoms with Gasteiger partial charge in [0, 0.05) is 6.04 Å². The highest BCUT2D eigenvalue weighted by atomic mass is 16.7. The number of rotatable bonds is 8. The summed E-state index contributed by atoms with van der Waals surface area (Å²) in [6, 6.07) is 0.579. The van der Waals surface area contributed by atoms with Crippen molar-refractivity contribution in [2.24, 2.45) is 40.4 Å². The van der Waals surface area contributed by atoms with E-state index in [1.165, 1.54) is 37.8 Å². The third-order valence-electron chi connectivity index (χ3n) is 15.7. The topological polar surface area (TPSA) is 202 Å². The van der Waals surface area contributed by atoms with E-state index < -0.39 is 74.6 Å². The molecular formula is C40H67NO12. The molecule has 0 unspecified atom stereocenters. The second kappa shape index (κ2) is 15.9. The quantitative estimate of drug-likeness (QED) is 0.164. The molecule has 3 aliphatic heterocycles. The molecule has 0 bridgehead atoms. The Bertz CT molecular complexity index is 1290. The third-order valence-corrected chi connectivity index (χ3v) is 15.7. The summed E-state index contributed by atoms with van der Waals surface area (Å²) in [5.74, 6) is 2.26. The molecule has 0 radical (unpaired) electrons. The van der Waals surface area contributed by atoms with E-state index in [0.717, 1.165) is 38.5 Å². The number of aliphatic hydroxyl groups excluding tert-OH is 8. The highest BCUT2D eigenvalue weighted by Gasteiger charge is 2.63. The zero-order chi connectivity index (χ0) is 38.0. The summed E-state index contributed by atoms with van der Waals surface area (Å²) in [7, 11) is 2.30. The van der Waals surface area contributed by atoms with Crippen LogP contribution >= 0.6 is 0 Å². The van der Waals surface area contributed by atoms with Gasteiger partial charge < -0.3 is 64.7 Å². The lowest BCUT2D eigenvalue weighted by Gasteiger charge is -2.59. The Morgan fingerprint density at radius 3 is 2.26 bits per heavy atom. The molecule has 0 aromatic carbocycles. The number of hydrogen-bond acceptors (Lipinski definition) is 13. The van der Waals surface area contributed by atoms with E-state index in [-0.39, 0.29) is 29.0 Å². The molecule has 4 aliphatic carbocycles. The first-order valence-corrected chi connectivity index (χ1v) is 20.5. The zero-order valence-electron chi connectivity index (χ0n) is 32.0. The van der Waals surface area contributed by atoms with Gasteiger partial charge in [0.05, 0.1) is 25.4 Å². The molecular weight excluding hydrogens is 686 g/mol. The number of hydrogen-bond donors (Lipinski definition) is 8. The fraction of sp³-hybridized carbons (Fsp3) is 0.950. The van der Waals surface area contributed by atoms with E-state index in [1.807, 2.05) is 0 Å². The van der Waals surface area contributed by atoms with Crippen molar-refractivity contribution < 1.29 is 59.8 Å². The maximum atomic E-state index is 11.8. The summed E-state index contributed by atoms with van der Waals surface area (Å²) in [5, 5.41) is 84.6. The van der Waals surface area contributed by atoms with Crippen LogP contribution in [0.2, 0.25) is 0 Å². The summed E-state index contributed by atoms with van der Waals surface area (Å²) < 4.78 is 23.5. The number of ether oxygens (including phenoxy) is 4. The predicted octanol–water partition coefficient (Wildman–Crippen LogP) is 1.06. The largest absolute Gasteiger partial charge is 0.394 e. The van der Waals surface area contributed by atoms with Gasteiger partial charge in [-0.25, -0.2) is 0 Å². The van der Waals surface area contributed by atoms with Crippen molar-refractivity contribution in [2.45, 2.75) is 171 Å². The first-order chi connectivity index (χ1) is 25.2. The molecule has 0 spiro atoms. The molecule has 0 amide bonds. The van der Waals surface area contributed by atoms with Crippen LogP contribution < -0.4 is 0 Å². The van der Waals surface area contributed by atoms with Crippen LogP contribution in [0, 0.1) is 40.4 Å². The monoisotopic (exact) mass is 753 g/mol. The second-order valence-electron chi connectivity index (χ2n) is 18.4. The van der Waals surface area contributed by atoms with Gasteiger partial charge in [0.1, 0.15) is 48.8 Å². The summed E-state index contributed by atoms with van der Waals surface area (Å²) in [6.45, 7) is 7.26. The van der Waals surface area contributed by atoms with Crippen LogP contribution in [-0.4, -0.2) is 152 Å². The highest BCUT2D eigenvalue weighted by molar-refractivity contribution is 5.26. The number of nitrogens with zero attached hydrogens (tertiary/aromatic N) is 1. The maximum Gasteiger partial charge on any atom is 0.187 e. The van der Waals surface area contributed by atoms with Crippen molar-refractivity contribution in [3.05, 3.63) is 11.6 Å². The van der Waals surface area contributed by atoms with Crippen LogP contribution in [0.4, 0.5) is 0 Å². The first kappa shape index (κ1) is 40.4. The molecule has 13 nitrogen and oxygen atoms in total. The van der Waals surface area contributed by atoms with Gasteiger partial charge in [0.25, 0.3) is 0 Å². The van der Waals surface area contributed by atoms with Crippen molar-refractivity contribution in [3.8, 4) is 0 Å². The van der Waals surface area contributed by atoms with Gasteiger partial charge in [-0.15, -0.1) is 0 Å². The molecule has 7 aliphatic rings. The number of aliphatic hydroxyl groups is 8. The van der Waals surface area contributed by atoms with Gasteiger partial charge in [-0.2, -0.15) is 0 Å². The lowest BCUT2D eigenvalue weighted by Crippen LogP contribution is -2.65. The van der Waals surface area contributed by atoms with Crippen LogP contribution in [0.5, 0.6) is 0 Å². The van der Waals surface area contributed by atoms with Crippen molar-refractivity contribution in [3.63, 3.8) is 0 Å². The van der Waals surface area contributed by atoms with E-state index >= 15 is 0 Å². The highest BCUT2D eigenvalue weighted by Crippen LogP contribution is 2.67. The Labute approximate surface area is 314 Å². The fourth-order valence-electron chi connectivity index (χ4n) is 12.7. The summed E-state index contributed by atoms with van der Waals surface area (Å²) in [6.07, 6.45) is -1.37. The summed E-state index contributed by atoms with van der Waals surface area (Å²) in [5.41, 5.74) is 1.46. The molecule has 3 saturated carbocycles. The Balaban J connectivity index is 1.00. The van der Waals surface area contributed by atoms with Crippen LogP contribution in [0.1, 0.15) is 91.4 Å². The molecule has 0 aromatic heterocycles. The van der Waals surface area contributed by atoms with Gasteiger partial charge in [0.2, 0.25) is 0 Å². The van der Waals surface area contributed by atoms with E-state index in [1.54, 1.807) is 0 Å². The van der Waals surface area contributed by atoms with Gasteiger partial charge in [-0.05, 0) is 112 Å². The number of allylic oxidation sites excluding steroid dienone is 1. The standard InChI is InChI=1S/C40H67NO12/c1-20(26-8-6-5-7-15-41(26)4)25-17-27(44)30-23-10-9-21-16-22(11-13-39(21,2)24(23)12-14-40(25,30)3)50-37-35(49)33(47)36(29(19-43)52-37)53-38-34(48)32(46)31(45)28(18-42)51-38/h9,20,22-38,42-49H,5-8,10-19H2,1-4H3/t20-,22+,23+,24+,25-,26+,27+,28-,29+,30-,31+,32+,33-,34-,35+,36-,37+,38-,39+,40-/m1/s1. The predicted molar refractivity (Wildman–Crippen MR) is 192 cm³/mol. The lowest BCUT2D eigenvalue weighted by atomic mass is 9.46. The van der Waals surface area contributed by atoms with Crippen LogP contribution in [-0.2, 0) is 18.9 Å². The van der Waals surface area contributed by atoms with Gasteiger partial charge in [-0.3, -0.25) is 0 Å². The van der Waals surface area contributed by atoms with Crippen LogP contribution in [0.25, 0.3) is 0 Å². The van der Waals surface area contributed by atoms with Gasteiger partial charge >= 0.3 is 0 Å². The second-order valence-corrected chi connectivity index (χ2v) is 18.4. The normalized spacial score (nSPS) is 52.8. The van der Waals surface area contributed by atoms with E-state index in [9.17, 15) is 40.9 Å². The Hall–Kier alpha value is -0.780. The molecule has 304 valence electrons. The van der Waals surface area contributed by atoms with Crippen molar-refractivity contribution in [1.29, 1.82) is 0 Å². The summed E-state index contributed by atoms with van der Waals surface area (Å²) in [4.78, 5) is 2.60. The number of fused-ring (bicyclic) bond motifs is 5. The van der Waals surface area contributed by atoms with Crippen LogP contribution in [0.3, 0.4) is 0 Å². The molecule has 20 atom stereocenters. The minimum atomic E-state index is -1.72. The van der Waals surface area contributed by atoms with Crippen LogP contribution in [0.15, 0.2) is 11.6 Å². The molecule has 53 heavy (non-hydrogen) atoms. The van der Waals surface area contributed by atoms with Crippen molar-refractivity contribution in [1.82, 2.24) is 4.90 Å². The molecule has 8 N–H and O–H groups in total. The molecule has 6 fully saturated rings. The summed E-state index contributed by atoms with van der Waals surface area (Å²) >= 11 is 0. The van der Waals surface area contributed by atoms with Crippen molar-refractivity contribution in [2.75, 3.05) is 26.8 Å². The SMILES string of the molecule is C[C@H]([C@H]1C[C@H](O)[C@H]2[C@H]3CC=C4C[C@@H](O[C@H]5O[C@@H](CO)[C@@H](O[C@H]6O[C@H](CO)[C@H](O)[C@H](O)[C@H]6O)[C@H](O)[C@@H]5O)CC[C@]4(C)[C@H]3CC[C@@]21C)[C@@H]1CCCCCN1C. The molecule has 3 saturated heterocycles. The Morgan fingerprint density at radius 2 is 1.53 bits per heavy atom. The smallest absolute Gasteiger partial charge is 0.187 e. The van der Waals surface area contributed by atoms with E-state index in [0.29, 0.717) is 36.1 Å². The van der Waals surface area contributed by atoms with Crippen molar-refractivity contribution >= 4 is 0 Å². The fourth-order valence-corrected chi connectivity index (χ4v) is 12.7. The third kappa shape index (κ3) is 7.10. The average molecular weight is 754 g/mol. The minimum absolute atomic E-state index is 0.0153. The van der Waals surface area contributed by atoms with E-state index in [4.69, 9.17) is 18.9 Å². The molecule has 0 aromatic rings. The first-order valence-electron chi connectivity index (χ1n) is 20.5. The lowest BCUT2D eigenvalue weighted by molar-refractivity contribution is -0.363. The maximum absolute atomic E-state index is 11.8. The minimum Gasteiger partial charge on any atom is -0.394 e. The Kier molecular flexibility index (Phi) is 12.1. The molecule has 3 heterocycles. The molecule has 7 rings (SSSR count). The van der Waals surface area contributed by atoms with E-state index in [2.05, 4.69) is 38.8 Å². The van der Waals surface area contributed by atoms with Gasteiger partial charge in [-0.1, -0.05) is 45.3 Å². The molecule has 13 heteroatoms. The average Bonchev–Trinajstić information content (AvgIpc) is 3.25. The van der Waals surface area contributed by atoms with Gasteiger partial charge in [0.15, 0.2) is 12.6 Å². The number of likely N-dealkylation sites (tertiary alicyclic amines) is 1. The Morgan fingerprint density at radius 1 is 0.830 bits per heavy atom.